The second kappa shape index (κ2) is 4.04. The van der Waals surface area contributed by atoms with Crippen molar-refractivity contribution in [3.05, 3.63) is 0 Å². The van der Waals surface area contributed by atoms with Crippen LogP contribution in [0.1, 0.15) is 20.3 Å². The van der Waals surface area contributed by atoms with Gasteiger partial charge < -0.3 is 5.01 Å². The number of nitrogens with zero attached hydrogens (tertiary/aromatic N) is 2. The van der Waals surface area contributed by atoms with Gasteiger partial charge in [-0.15, -0.1) is 0 Å². The largest absolute Gasteiger partial charge is 0.303 e. The Morgan fingerprint density at radius 2 is 2.00 bits per heavy atom. The number of rotatable bonds is 3. The van der Waals surface area contributed by atoms with Crippen molar-refractivity contribution in [1.29, 1.82) is 0 Å². The summed E-state index contributed by atoms with van der Waals surface area (Å²) in [6.07, 6.45) is 0.531. The molecule has 0 spiro atoms. The van der Waals surface area contributed by atoms with Gasteiger partial charge in [0.1, 0.15) is 5.71 Å². The molecule has 0 amide bonds. The molecule has 0 aromatic rings. The molecule has 10 heavy (non-hydrogen) atoms. The van der Waals surface area contributed by atoms with E-state index in [-0.39, 0.29) is 5.78 Å². The van der Waals surface area contributed by atoms with Crippen molar-refractivity contribution in [2.45, 2.75) is 20.3 Å². The average Bonchev–Trinajstić information content (AvgIpc) is 1.85. The summed E-state index contributed by atoms with van der Waals surface area (Å²) in [5, 5.41) is 5.58. The summed E-state index contributed by atoms with van der Waals surface area (Å²) in [4.78, 5) is 10.9. The van der Waals surface area contributed by atoms with E-state index in [1.807, 2.05) is 6.92 Å². The zero-order valence-electron chi connectivity index (χ0n) is 7.01. The molecule has 3 nitrogen and oxygen atoms in total. The summed E-state index contributed by atoms with van der Waals surface area (Å²) in [5.41, 5.74) is 0.576. The van der Waals surface area contributed by atoms with Gasteiger partial charge in [-0.2, -0.15) is 5.10 Å². The maximum atomic E-state index is 10.9. The Hall–Kier alpha value is -0.860. The Labute approximate surface area is 61.7 Å². The SMILES string of the molecule is CCC(=O)/C(C)=N/N(C)C. The first kappa shape index (κ1) is 9.14. The average molecular weight is 142 g/mol. The lowest BCUT2D eigenvalue weighted by Crippen LogP contribution is -2.14. The lowest BCUT2D eigenvalue weighted by molar-refractivity contribution is -0.112. The molecule has 0 aromatic heterocycles. The van der Waals surface area contributed by atoms with Gasteiger partial charge in [-0.05, 0) is 6.92 Å². The molecule has 0 aliphatic rings. The molecule has 0 unspecified atom stereocenters. The fraction of sp³-hybridized carbons (Fsp3) is 0.714. The third-order valence-electron chi connectivity index (χ3n) is 1.07. The molecule has 0 radical (unpaired) electrons. The summed E-state index contributed by atoms with van der Waals surface area (Å²) < 4.78 is 0. The van der Waals surface area contributed by atoms with E-state index in [9.17, 15) is 4.79 Å². The smallest absolute Gasteiger partial charge is 0.178 e. The fourth-order valence-corrected chi connectivity index (χ4v) is 0.612. The van der Waals surface area contributed by atoms with Crippen LogP contribution in [0.5, 0.6) is 0 Å². The van der Waals surface area contributed by atoms with Crippen LogP contribution in [-0.2, 0) is 4.79 Å². The van der Waals surface area contributed by atoms with Gasteiger partial charge in [0, 0.05) is 20.5 Å². The van der Waals surface area contributed by atoms with Gasteiger partial charge in [-0.25, -0.2) is 0 Å². The van der Waals surface area contributed by atoms with Crippen molar-refractivity contribution >= 4 is 11.5 Å². The van der Waals surface area contributed by atoms with E-state index >= 15 is 0 Å². The molecule has 0 bridgehead atoms. The first-order chi connectivity index (χ1) is 4.57. The van der Waals surface area contributed by atoms with Gasteiger partial charge in [0.2, 0.25) is 0 Å². The molecular formula is C7H14N2O. The first-order valence-corrected chi connectivity index (χ1v) is 3.33. The Balaban J connectivity index is 4.05. The van der Waals surface area contributed by atoms with Crippen LogP contribution >= 0.6 is 0 Å². The molecule has 0 fully saturated rings. The number of carbonyl (C=O) groups is 1. The van der Waals surface area contributed by atoms with Crippen LogP contribution in [0.4, 0.5) is 0 Å². The van der Waals surface area contributed by atoms with E-state index in [1.54, 1.807) is 26.0 Å². The Kier molecular flexibility index (Phi) is 3.69. The highest BCUT2D eigenvalue weighted by Crippen LogP contribution is 1.87. The van der Waals surface area contributed by atoms with Crippen molar-refractivity contribution in [2.75, 3.05) is 14.1 Å². The molecule has 0 atom stereocenters. The van der Waals surface area contributed by atoms with E-state index in [0.29, 0.717) is 12.1 Å². The molecule has 0 aliphatic heterocycles. The van der Waals surface area contributed by atoms with Crippen LogP contribution in [0.2, 0.25) is 0 Å². The summed E-state index contributed by atoms with van der Waals surface area (Å²) in [7, 11) is 3.60. The summed E-state index contributed by atoms with van der Waals surface area (Å²) >= 11 is 0. The fourth-order valence-electron chi connectivity index (χ4n) is 0.612. The maximum Gasteiger partial charge on any atom is 0.178 e. The molecule has 58 valence electrons. The van der Waals surface area contributed by atoms with E-state index in [4.69, 9.17) is 0 Å². The van der Waals surface area contributed by atoms with Gasteiger partial charge >= 0.3 is 0 Å². The zero-order chi connectivity index (χ0) is 8.15. The highest BCUT2D eigenvalue weighted by molar-refractivity contribution is 6.38. The minimum atomic E-state index is 0.105. The number of Topliss-reactive ketones (excluding diaryl/α,β-unsaturated/α-hetero) is 1. The standard InChI is InChI=1S/C7H14N2O/c1-5-7(10)6(2)8-9(3)4/h5H2,1-4H3/b8-6+. The molecule has 0 rings (SSSR count). The second-order valence-corrected chi connectivity index (χ2v) is 2.31. The summed E-state index contributed by atoms with van der Waals surface area (Å²) in [6, 6.07) is 0. The molecular weight excluding hydrogens is 128 g/mol. The van der Waals surface area contributed by atoms with Gasteiger partial charge in [0.25, 0.3) is 0 Å². The van der Waals surface area contributed by atoms with Gasteiger partial charge in [0.05, 0.1) is 0 Å². The molecule has 0 N–H and O–H groups in total. The molecule has 0 saturated heterocycles. The molecule has 0 aromatic carbocycles. The third kappa shape index (κ3) is 3.22. The number of hydrazone groups is 1. The van der Waals surface area contributed by atoms with Crippen LogP contribution in [0.3, 0.4) is 0 Å². The van der Waals surface area contributed by atoms with Crippen molar-refractivity contribution in [3.63, 3.8) is 0 Å². The van der Waals surface area contributed by atoms with Crippen molar-refractivity contribution in [3.8, 4) is 0 Å². The number of ketones is 1. The molecule has 0 saturated carbocycles. The van der Waals surface area contributed by atoms with E-state index in [1.165, 1.54) is 0 Å². The first-order valence-electron chi connectivity index (χ1n) is 3.33. The Bertz CT molecular complexity index is 150. The summed E-state index contributed by atoms with van der Waals surface area (Å²) in [6.45, 7) is 3.56. The van der Waals surface area contributed by atoms with Crippen LogP contribution in [0.25, 0.3) is 0 Å². The Morgan fingerprint density at radius 1 is 1.50 bits per heavy atom. The minimum Gasteiger partial charge on any atom is -0.303 e. The molecule has 3 heteroatoms. The van der Waals surface area contributed by atoms with Gasteiger partial charge in [-0.3, -0.25) is 4.79 Å². The van der Waals surface area contributed by atoms with Gasteiger partial charge in [0.15, 0.2) is 5.78 Å². The van der Waals surface area contributed by atoms with E-state index < -0.39 is 0 Å². The predicted octanol–water partition coefficient (Wildman–Crippen LogP) is 0.903. The van der Waals surface area contributed by atoms with Crippen molar-refractivity contribution in [2.24, 2.45) is 5.10 Å². The van der Waals surface area contributed by atoms with E-state index in [0.717, 1.165) is 0 Å². The lowest BCUT2D eigenvalue weighted by atomic mass is 10.2. The summed E-state index contributed by atoms with van der Waals surface area (Å²) in [5.74, 6) is 0.105. The normalized spacial score (nSPS) is 11.4. The highest BCUT2D eigenvalue weighted by atomic mass is 16.1. The number of carbonyl (C=O) groups excluding carboxylic acids is 1. The minimum absolute atomic E-state index is 0.105. The zero-order valence-corrected chi connectivity index (χ0v) is 7.01. The lowest BCUT2D eigenvalue weighted by Gasteiger charge is -2.04. The second-order valence-electron chi connectivity index (χ2n) is 2.31. The maximum absolute atomic E-state index is 10.9. The van der Waals surface area contributed by atoms with Crippen molar-refractivity contribution in [1.82, 2.24) is 5.01 Å². The monoisotopic (exact) mass is 142 g/mol. The predicted molar refractivity (Wildman–Crippen MR) is 42.1 cm³/mol. The van der Waals surface area contributed by atoms with Crippen molar-refractivity contribution < 1.29 is 4.79 Å². The van der Waals surface area contributed by atoms with Crippen LogP contribution in [0, 0.1) is 0 Å². The number of hydrogen-bond acceptors (Lipinski definition) is 3. The quantitative estimate of drug-likeness (QED) is 0.433. The molecule has 0 aliphatic carbocycles. The van der Waals surface area contributed by atoms with Crippen LogP contribution in [-0.4, -0.2) is 30.6 Å². The number of hydrogen-bond donors (Lipinski definition) is 0. The molecule has 0 heterocycles. The van der Waals surface area contributed by atoms with Crippen LogP contribution < -0.4 is 0 Å². The van der Waals surface area contributed by atoms with Gasteiger partial charge in [-0.1, -0.05) is 6.92 Å². The van der Waals surface area contributed by atoms with E-state index in [2.05, 4.69) is 5.10 Å². The van der Waals surface area contributed by atoms with Crippen LogP contribution in [0.15, 0.2) is 5.10 Å². The Morgan fingerprint density at radius 3 is 2.30 bits per heavy atom. The highest BCUT2D eigenvalue weighted by Gasteiger charge is 2.01. The third-order valence-corrected chi connectivity index (χ3v) is 1.07. The topological polar surface area (TPSA) is 32.7 Å².